The van der Waals surface area contributed by atoms with Gasteiger partial charge in [-0.1, -0.05) is 60.7 Å². The zero-order valence-corrected chi connectivity index (χ0v) is 14.2. The van der Waals surface area contributed by atoms with Crippen molar-refractivity contribution in [2.24, 2.45) is 0 Å². The van der Waals surface area contributed by atoms with Crippen molar-refractivity contribution in [1.82, 2.24) is 0 Å². The van der Waals surface area contributed by atoms with Gasteiger partial charge in [0.15, 0.2) is 0 Å². The number of ketones is 1. The first-order valence-corrected chi connectivity index (χ1v) is 8.27. The lowest BCUT2D eigenvalue weighted by atomic mass is 10.1. The SMILES string of the molecule is CO[C@@H]1O[C@H](COCc2ccccc2)[C@H](OCc2ccccc2)C1=O. The third-order valence-electron chi connectivity index (χ3n) is 4.03. The molecule has 0 radical (unpaired) electrons. The molecule has 0 amide bonds. The molecule has 2 aromatic carbocycles. The molecule has 1 heterocycles. The summed E-state index contributed by atoms with van der Waals surface area (Å²) >= 11 is 0. The number of carbonyl (C=O) groups excluding carboxylic acids is 1. The van der Waals surface area contributed by atoms with Crippen LogP contribution < -0.4 is 0 Å². The van der Waals surface area contributed by atoms with E-state index in [-0.39, 0.29) is 12.4 Å². The van der Waals surface area contributed by atoms with E-state index >= 15 is 0 Å². The summed E-state index contributed by atoms with van der Waals surface area (Å²) < 4.78 is 22.3. The number of ether oxygens (including phenoxy) is 4. The second-order valence-electron chi connectivity index (χ2n) is 5.86. The van der Waals surface area contributed by atoms with Crippen molar-refractivity contribution in [2.75, 3.05) is 13.7 Å². The summed E-state index contributed by atoms with van der Waals surface area (Å²) in [4.78, 5) is 12.4. The van der Waals surface area contributed by atoms with E-state index in [1.165, 1.54) is 7.11 Å². The van der Waals surface area contributed by atoms with Crippen molar-refractivity contribution in [3.05, 3.63) is 71.8 Å². The highest BCUT2D eigenvalue weighted by Crippen LogP contribution is 2.22. The van der Waals surface area contributed by atoms with Crippen molar-refractivity contribution < 1.29 is 23.7 Å². The number of benzene rings is 2. The minimum Gasteiger partial charge on any atom is -0.374 e. The monoisotopic (exact) mass is 342 g/mol. The molecule has 0 spiro atoms. The lowest BCUT2D eigenvalue weighted by Gasteiger charge is -2.17. The molecule has 3 rings (SSSR count). The van der Waals surface area contributed by atoms with E-state index in [9.17, 15) is 4.79 Å². The normalized spacial score (nSPS) is 23.1. The molecule has 1 aliphatic rings. The van der Waals surface area contributed by atoms with Crippen molar-refractivity contribution in [3.63, 3.8) is 0 Å². The number of rotatable bonds is 8. The maximum Gasteiger partial charge on any atom is 0.220 e. The van der Waals surface area contributed by atoms with Crippen LogP contribution in [-0.4, -0.2) is 38.0 Å². The molecule has 0 aromatic heterocycles. The number of Topliss-reactive ketones (excluding diaryl/α,β-unsaturated/α-hetero) is 1. The van der Waals surface area contributed by atoms with Gasteiger partial charge in [0, 0.05) is 7.11 Å². The Labute approximate surface area is 147 Å². The molecule has 0 saturated carbocycles. The first-order valence-electron chi connectivity index (χ1n) is 8.27. The number of hydrogen-bond acceptors (Lipinski definition) is 5. The Morgan fingerprint density at radius 3 is 2.12 bits per heavy atom. The molecule has 25 heavy (non-hydrogen) atoms. The third-order valence-corrected chi connectivity index (χ3v) is 4.03. The average molecular weight is 342 g/mol. The zero-order valence-electron chi connectivity index (χ0n) is 14.2. The highest BCUT2D eigenvalue weighted by molar-refractivity contribution is 5.88. The molecule has 0 N–H and O–H groups in total. The van der Waals surface area contributed by atoms with Gasteiger partial charge in [0.05, 0.1) is 19.8 Å². The standard InChI is InChI=1S/C20H22O5/c1-22-20-18(21)19(24-13-16-10-6-3-7-11-16)17(25-20)14-23-12-15-8-4-2-5-9-15/h2-11,17,19-20H,12-14H2,1H3/t17-,19+,20-/m1/s1. The van der Waals surface area contributed by atoms with E-state index in [4.69, 9.17) is 18.9 Å². The van der Waals surface area contributed by atoms with Crippen LogP contribution in [0.5, 0.6) is 0 Å². The first kappa shape index (κ1) is 17.8. The van der Waals surface area contributed by atoms with Gasteiger partial charge in [-0.25, -0.2) is 0 Å². The summed E-state index contributed by atoms with van der Waals surface area (Å²) in [6.45, 7) is 1.06. The second-order valence-corrected chi connectivity index (χ2v) is 5.86. The summed E-state index contributed by atoms with van der Waals surface area (Å²) in [6.07, 6.45) is -2.07. The smallest absolute Gasteiger partial charge is 0.220 e. The summed E-state index contributed by atoms with van der Waals surface area (Å²) in [5.41, 5.74) is 2.07. The van der Waals surface area contributed by atoms with Crippen molar-refractivity contribution in [3.8, 4) is 0 Å². The Balaban J connectivity index is 1.56. The third kappa shape index (κ3) is 4.74. The number of carbonyl (C=O) groups is 1. The topological polar surface area (TPSA) is 54.0 Å². The average Bonchev–Trinajstić information content (AvgIpc) is 2.97. The van der Waals surface area contributed by atoms with Crippen LogP contribution in [0.25, 0.3) is 0 Å². The van der Waals surface area contributed by atoms with E-state index in [0.717, 1.165) is 11.1 Å². The second kappa shape index (κ2) is 8.87. The van der Waals surface area contributed by atoms with Gasteiger partial charge >= 0.3 is 0 Å². The first-order chi connectivity index (χ1) is 12.3. The van der Waals surface area contributed by atoms with Crippen LogP contribution >= 0.6 is 0 Å². The molecule has 1 aliphatic heterocycles. The molecule has 5 nitrogen and oxygen atoms in total. The predicted molar refractivity (Wildman–Crippen MR) is 91.8 cm³/mol. The van der Waals surface area contributed by atoms with Gasteiger partial charge < -0.3 is 18.9 Å². The van der Waals surface area contributed by atoms with Gasteiger partial charge in [0.1, 0.15) is 12.2 Å². The molecular formula is C20H22O5. The van der Waals surface area contributed by atoms with Crippen molar-refractivity contribution in [1.29, 1.82) is 0 Å². The largest absolute Gasteiger partial charge is 0.374 e. The van der Waals surface area contributed by atoms with Crippen molar-refractivity contribution in [2.45, 2.75) is 31.7 Å². The highest BCUT2D eigenvalue weighted by atomic mass is 16.7. The van der Waals surface area contributed by atoms with Gasteiger partial charge in [0.25, 0.3) is 0 Å². The molecule has 1 saturated heterocycles. The molecule has 132 valence electrons. The van der Waals surface area contributed by atoms with E-state index in [1.54, 1.807) is 0 Å². The minimum atomic E-state index is -0.897. The quantitative estimate of drug-likeness (QED) is 0.738. The van der Waals surface area contributed by atoms with E-state index in [1.807, 2.05) is 60.7 Å². The van der Waals surface area contributed by atoms with Crippen LogP contribution in [0.1, 0.15) is 11.1 Å². The summed E-state index contributed by atoms with van der Waals surface area (Å²) in [5.74, 6) is -0.202. The molecule has 2 aromatic rings. The van der Waals surface area contributed by atoms with Gasteiger partial charge in [-0.05, 0) is 11.1 Å². The molecule has 3 atom stereocenters. The van der Waals surface area contributed by atoms with Gasteiger partial charge in [-0.2, -0.15) is 0 Å². The zero-order chi connectivity index (χ0) is 17.5. The van der Waals surface area contributed by atoms with E-state index in [0.29, 0.717) is 13.2 Å². The summed E-state index contributed by atoms with van der Waals surface area (Å²) in [7, 11) is 1.45. The van der Waals surface area contributed by atoms with Crippen molar-refractivity contribution >= 4 is 5.78 Å². The van der Waals surface area contributed by atoms with Crippen LogP contribution in [0, 0.1) is 0 Å². The Hall–Kier alpha value is -2.05. The van der Waals surface area contributed by atoms with Crippen LogP contribution in [-0.2, 0) is 37.0 Å². The fraction of sp³-hybridized carbons (Fsp3) is 0.350. The summed E-state index contributed by atoms with van der Waals surface area (Å²) in [5, 5.41) is 0. The fourth-order valence-corrected chi connectivity index (χ4v) is 2.73. The molecule has 1 fully saturated rings. The van der Waals surface area contributed by atoms with E-state index < -0.39 is 18.5 Å². The Morgan fingerprint density at radius 1 is 0.920 bits per heavy atom. The lowest BCUT2D eigenvalue weighted by Crippen LogP contribution is -2.34. The van der Waals surface area contributed by atoms with Gasteiger partial charge in [0.2, 0.25) is 12.1 Å². The molecule has 0 bridgehead atoms. The maximum atomic E-state index is 12.4. The molecule has 5 heteroatoms. The summed E-state index contributed by atoms with van der Waals surface area (Å²) in [6, 6.07) is 19.6. The Kier molecular flexibility index (Phi) is 6.30. The van der Waals surface area contributed by atoms with E-state index in [2.05, 4.69) is 0 Å². The molecule has 0 unspecified atom stereocenters. The van der Waals surface area contributed by atoms with Crippen LogP contribution in [0.15, 0.2) is 60.7 Å². The number of hydrogen-bond donors (Lipinski definition) is 0. The Morgan fingerprint density at radius 2 is 1.52 bits per heavy atom. The molecule has 0 aliphatic carbocycles. The van der Waals surface area contributed by atoms with Crippen LogP contribution in [0.2, 0.25) is 0 Å². The maximum absolute atomic E-state index is 12.4. The van der Waals surface area contributed by atoms with Gasteiger partial charge in [-0.15, -0.1) is 0 Å². The Bertz CT molecular complexity index is 658. The highest BCUT2D eigenvalue weighted by Gasteiger charge is 2.44. The minimum absolute atomic E-state index is 0.202. The van der Waals surface area contributed by atoms with Crippen LogP contribution in [0.3, 0.4) is 0 Å². The molecular weight excluding hydrogens is 320 g/mol. The van der Waals surface area contributed by atoms with Gasteiger partial charge in [-0.3, -0.25) is 4.79 Å². The fourth-order valence-electron chi connectivity index (χ4n) is 2.73. The lowest BCUT2D eigenvalue weighted by molar-refractivity contribution is -0.154. The number of methoxy groups -OCH3 is 1. The predicted octanol–water partition coefficient (Wildman–Crippen LogP) is 2.73. The van der Waals surface area contributed by atoms with Crippen LogP contribution in [0.4, 0.5) is 0 Å².